The van der Waals surface area contributed by atoms with Gasteiger partial charge in [0.2, 0.25) is 5.91 Å². The average molecular weight is 415 g/mol. The summed E-state index contributed by atoms with van der Waals surface area (Å²) < 4.78 is 0. The second-order valence-electron chi connectivity index (χ2n) is 7.27. The lowest BCUT2D eigenvalue weighted by atomic mass is 10.1. The highest BCUT2D eigenvalue weighted by atomic mass is 32.1. The summed E-state index contributed by atoms with van der Waals surface area (Å²) in [6.45, 7) is 5.21. The first-order valence-electron chi connectivity index (χ1n) is 10.1. The second kappa shape index (κ2) is 10.3. The van der Waals surface area contributed by atoms with E-state index in [9.17, 15) is 14.4 Å². The number of carbonyl (C=O) groups is 3. The molecule has 154 valence electrons. The van der Waals surface area contributed by atoms with Crippen molar-refractivity contribution >= 4 is 34.6 Å². The number of carbonyl (C=O) groups excluding carboxylic acids is 3. The molecule has 1 aromatic heterocycles. The van der Waals surface area contributed by atoms with Gasteiger partial charge in [-0.2, -0.15) is 0 Å². The van der Waals surface area contributed by atoms with Crippen LogP contribution in [0.3, 0.4) is 0 Å². The zero-order valence-electron chi connectivity index (χ0n) is 16.8. The van der Waals surface area contributed by atoms with Crippen LogP contribution < -0.4 is 10.2 Å². The van der Waals surface area contributed by atoms with Crippen LogP contribution >= 0.6 is 11.3 Å². The summed E-state index contributed by atoms with van der Waals surface area (Å²) in [7, 11) is 0. The number of para-hydroxylation sites is 1. The first-order chi connectivity index (χ1) is 14.1. The van der Waals surface area contributed by atoms with Crippen LogP contribution in [0.25, 0.3) is 0 Å². The molecule has 2 aromatic rings. The molecule has 1 saturated heterocycles. The fourth-order valence-corrected chi connectivity index (χ4v) is 4.25. The Morgan fingerprint density at radius 1 is 1.07 bits per heavy atom. The summed E-state index contributed by atoms with van der Waals surface area (Å²) in [6, 6.07) is 11.5. The quantitative estimate of drug-likeness (QED) is 0.645. The molecule has 7 heteroatoms. The van der Waals surface area contributed by atoms with E-state index in [4.69, 9.17) is 0 Å². The number of thiophene rings is 1. The van der Waals surface area contributed by atoms with E-state index in [1.807, 2.05) is 40.6 Å². The van der Waals surface area contributed by atoms with E-state index in [0.29, 0.717) is 24.5 Å². The molecule has 0 spiro atoms. The first kappa shape index (κ1) is 21.2. The summed E-state index contributed by atoms with van der Waals surface area (Å²) in [5.41, 5.74) is 2.01. The molecule has 0 aliphatic carbocycles. The van der Waals surface area contributed by atoms with Gasteiger partial charge < -0.3 is 15.1 Å². The number of piperazine rings is 1. The third kappa shape index (κ3) is 5.98. The molecule has 0 atom stereocenters. The number of anilines is 1. The van der Waals surface area contributed by atoms with Gasteiger partial charge in [0.25, 0.3) is 5.91 Å². The highest BCUT2D eigenvalue weighted by Crippen LogP contribution is 2.15. The lowest BCUT2D eigenvalue weighted by molar-refractivity contribution is -0.895. The Morgan fingerprint density at radius 2 is 1.83 bits per heavy atom. The number of benzene rings is 1. The van der Waals surface area contributed by atoms with Crippen LogP contribution in [0.4, 0.5) is 5.69 Å². The average Bonchev–Trinajstić information content (AvgIpc) is 3.27. The van der Waals surface area contributed by atoms with Crippen LogP contribution in [-0.2, 0) is 16.0 Å². The SMILES string of the molecule is CCc1ccccc1NC(=O)C[NH+]1CCN(C(=O)CCC(=O)c2cccs2)CC1. The summed E-state index contributed by atoms with van der Waals surface area (Å²) in [5.74, 6) is 0.0548. The van der Waals surface area contributed by atoms with Gasteiger partial charge in [0.05, 0.1) is 31.1 Å². The molecule has 3 rings (SSSR count). The fraction of sp³-hybridized carbons (Fsp3) is 0.409. The highest BCUT2D eigenvalue weighted by molar-refractivity contribution is 7.12. The summed E-state index contributed by atoms with van der Waals surface area (Å²) in [4.78, 5) is 40.6. The minimum absolute atomic E-state index is 0.00206. The molecule has 2 heterocycles. The van der Waals surface area contributed by atoms with E-state index in [1.165, 1.54) is 16.2 Å². The van der Waals surface area contributed by atoms with Crippen LogP contribution in [0.5, 0.6) is 0 Å². The van der Waals surface area contributed by atoms with Crippen LogP contribution in [0.2, 0.25) is 0 Å². The Hall–Kier alpha value is -2.51. The minimum Gasteiger partial charge on any atom is -0.331 e. The zero-order valence-corrected chi connectivity index (χ0v) is 17.6. The molecule has 2 amide bonds. The summed E-state index contributed by atoms with van der Waals surface area (Å²) in [6.07, 6.45) is 1.38. The maximum Gasteiger partial charge on any atom is 0.279 e. The predicted molar refractivity (Wildman–Crippen MR) is 114 cm³/mol. The van der Waals surface area contributed by atoms with E-state index in [1.54, 1.807) is 6.07 Å². The number of amides is 2. The van der Waals surface area contributed by atoms with Gasteiger partial charge in [0.15, 0.2) is 12.3 Å². The van der Waals surface area contributed by atoms with E-state index in [-0.39, 0.29) is 30.4 Å². The molecule has 6 nitrogen and oxygen atoms in total. The molecule has 1 fully saturated rings. The van der Waals surface area contributed by atoms with E-state index in [2.05, 4.69) is 12.2 Å². The highest BCUT2D eigenvalue weighted by Gasteiger charge is 2.25. The number of rotatable bonds is 8. The number of nitrogens with zero attached hydrogens (tertiary/aromatic N) is 1. The van der Waals surface area contributed by atoms with Crippen LogP contribution in [-0.4, -0.2) is 55.2 Å². The van der Waals surface area contributed by atoms with Crippen molar-refractivity contribution in [1.29, 1.82) is 0 Å². The molecular weight excluding hydrogens is 386 g/mol. The number of nitrogens with one attached hydrogen (secondary N) is 2. The smallest absolute Gasteiger partial charge is 0.279 e. The predicted octanol–water partition coefficient (Wildman–Crippen LogP) is 1.64. The van der Waals surface area contributed by atoms with Crippen molar-refractivity contribution in [3.63, 3.8) is 0 Å². The monoisotopic (exact) mass is 414 g/mol. The molecule has 0 unspecified atom stereocenters. The van der Waals surface area contributed by atoms with Gasteiger partial charge in [0.1, 0.15) is 0 Å². The van der Waals surface area contributed by atoms with E-state index >= 15 is 0 Å². The molecule has 0 radical (unpaired) electrons. The largest absolute Gasteiger partial charge is 0.331 e. The number of ketones is 1. The Labute approximate surface area is 175 Å². The van der Waals surface area contributed by atoms with Gasteiger partial charge in [-0.15, -0.1) is 11.3 Å². The first-order valence-corrected chi connectivity index (χ1v) is 11.0. The molecule has 0 saturated carbocycles. The Morgan fingerprint density at radius 3 is 2.52 bits per heavy atom. The van der Waals surface area contributed by atoms with E-state index < -0.39 is 0 Å². The topological polar surface area (TPSA) is 70.9 Å². The van der Waals surface area contributed by atoms with Gasteiger partial charge in [-0.1, -0.05) is 31.2 Å². The summed E-state index contributed by atoms with van der Waals surface area (Å²) in [5, 5.41) is 4.88. The molecule has 1 aliphatic rings. The Kier molecular flexibility index (Phi) is 7.55. The van der Waals surface area contributed by atoms with Crippen molar-refractivity contribution in [2.45, 2.75) is 26.2 Å². The molecule has 29 heavy (non-hydrogen) atoms. The normalized spacial score (nSPS) is 14.6. The summed E-state index contributed by atoms with van der Waals surface area (Å²) >= 11 is 1.41. The third-order valence-electron chi connectivity index (χ3n) is 5.27. The van der Waals surface area contributed by atoms with Gasteiger partial charge in [-0.05, 0) is 29.5 Å². The maximum atomic E-state index is 12.4. The van der Waals surface area contributed by atoms with Crippen molar-refractivity contribution in [3.05, 3.63) is 52.2 Å². The minimum atomic E-state index is 0.00206. The number of quaternary nitrogens is 1. The van der Waals surface area contributed by atoms with Crippen LogP contribution in [0.15, 0.2) is 41.8 Å². The van der Waals surface area contributed by atoms with Gasteiger partial charge in [-0.25, -0.2) is 0 Å². The van der Waals surface area contributed by atoms with Crippen LogP contribution in [0, 0.1) is 0 Å². The van der Waals surface area contributed by atoms with Crippen molar-refractivity contribution in [2.24, 2.45) is 0 Å². The number of hydrogen-bond acceptors (Lipinski definition) is 4. The molecule has 2 N–H and O–H groups in total. The number of aryl methyl sites for hydroxylation is 1. The van der Waals surface area contributed by atoms with Gasteiger partial charge in [-0.3, -0.25) is 14.4 Å². The zero-order chi connectivity index (χ0) is 20.6. The van der Waals surface area contributed by atoms with Gasteiger partial charge >= 0.3 is 0 Å². The fourth-order valence-electron chi connectivity index (χ4n) is 3.56. The van der Waals surface area contributed by atoms with Crippen molar-refractivity contribution in [3.8, 4) is 0 Å². The number of hydrogen-bond donors (Lipinski definition) is 2. The Balaban J connectivity index is 1.40. The lowest BCUT2D eigenvalue weighted by Crippen LogP contribution is -3.15. The van der Waals surface area contributed by atoms with Crippen LogP contribution in [0.1, 0.15) is 35.0 Å². The molecule has 1 aliphatic heterocycles. The van der Waals surface area contributed by atoms with Crippen molar-refractivity contribution in [2.75, 3.05) is 38.0 Å². The van der Waals surface area contributed by atoms with Crippen molar-refractivity contribution in [1.82, 2.24) is 4.90 Å². The third-order valence-corrected chi connectivity index (χ3v) is 6.18. The standard InChI is InChI=1S/C22H27N3O3S/c1-2-17-6-3-4-7-18(17)23-21(27)16-24-11-13-25(14-12-24)22(28)10-9-19(26)20-8-5-15-29-20/h3-8,15H,2,9-14,16H2,1H3,(H,23,27)/p+1. The van der Waals surface area contributed by atoms with E-state index in [0.717, 1.165) is 30.8 Å². The van der Waals surface area contributed by atoms with Crippen molar-refractivity contribution < 1.29 is 19.3 Å². The maximum absolute atomic E-state index is 12.4. The number of Topliss-reactive ketones (excluding diaryl/α,β-unsaturated/α-hetero) is 1. The van der Waals surface area contributed by atoms with Gasteiger partial charge in [0, 0.05) is 18.5 Å². The second-order valence-corrected chi connectivity index (χ2v) is 8.21. The Bertz CT molecular complexity index is 843. The molecular formula is C22H28N3O3S+. The lowest BCUT2D eigenvalue weighted by Gasteiger charge is -2.32. The molecule has 0 bridgehead atoms. The molecule has 1 aromatic carbocycles.